The van der Waals surface area contributed by atoms with Gasteiger partial charge in [0, 0.05) is 28.8 Å². The van der Waals surface area contributed by atoms with Crippen molar-refractivity contribution in [2.75, 3.05) is 25.1 Å². The number of quaternary nitrogens is 1. The summed E-state index contributed by atoms with van der Waals surface area (Å²) in [5, 5.41) is 5.60. The lowest BCUT2D eigenvalue weighted by molar-refractivity contribution is -0.682. The van der Waals surface area contributed by atoms with Gasteiger partial charge in [-0.25, -0.2) is 0 Å². The normalized spacial score (nSPS) is 14.5. The van der Waals surface area contributed by atoms with Crippen molar-refractivity contribution in [2.45, 2.75) is 19.4 Å². The van der Waals surface area contributed by atoms with Gasteiger partial charge in [0.1, 0.15) is 6.04 Å². The van der Waals surface area contributed by atoms with Gasteiger partial charge in [-0.1, -0.05) is 23.7 Å². The molecule has 0 unspecified atom stereocenters. The Kier molecular flexibility index (Phi) is 5.79. The number of amides is 1. The van der Waals surface area contributed by atoms with Crippen LogP contribution in [0, 0.1) is 0 Å². The van der Waals surface area contributed by atoms with Crippen molar-refractivity contribution in [1.82, 2.24) is 0 Å². The van der Waals surface area contributed by atoms with Gasteiger partial charge in [-0.2, -0.15) is 0 Å². The molecule has 5 nitrogen and oxygen atoms in total. The van der Waals surface area contributed by atoms with E-state index in [0.717, 1.165) is 17.7 Å². The lowest BCUT2D eigenvalue weighted by Crippen LogP contribution is -2.86. The molecule has 2 aromatic carbocycles. The maximum Gasteiger partial charge on any atom is 0.279 e. The van der Waals surface area contributed by atoms with Crippen molar-refractivity contribution in [1.29, 1.82) is 0 Å². The van der Waals surface area contributed by atoms with Crippen LogP contribution in [0.3, 0.4) is 0 Å². The second-order valence-electron chi connectivity index (χ2n) is 6.04. The summed E-state index contributed by atoms with van der Waals surface area (Å²) < 4.78 is 11.2. The third kappa shape index (κ3) is 4.87. The van der Waals surface area contributed by atoms with Gasteiger partial charge in [0.15, 0.2) is 18.0 Å². The zero-order valence-corrected chi connectivity index (χ0v) is 14.9. The predicted octanol–water partition coefficient (Wildman–Crippen LogP) is 2.76. The Morgan fingerprint density at radius 3 is 2.64 bits per heavy atom. The molecule has 1 aliphatic rings. The van der Waals surface area contributed by atoms with Gasteiger partial charge in [0.05, 0.1) is 13.2 Å². The average Bonchev–Trinajstić information content (AvgIpc) is 2.85. The Hall–Kier alpha value is -2.24. The second kappa shape index (κ2) is 8.23. The molecule has 1 heterocycles. The van der Waals surface area contributed by atoms with Crippen molar-refractivity contribution in [3.63, 3.8) is 0 Å². The summed E-state index contributed by atoms with van der Waals surface area (Å²) in [6.07, 6.45) is 0.855. The van der Waals surface area contributed by atoms with E-state index in [0.29, 0.717) is 36.2 Å². The molecule has 6 heteroatoms. The zero-order valence-electron chi connectivity index (χ0n) is 14.1. The van der Waals surface area contributed by atoms with Crippen LogP contribution >= 0.6 is 11.6 Å². The summed E-state index contributed by atoms with van der Waals surface area (Å²) in [5.41, 5.74) is 1.84. The Morgan fingerprint density at radius 2 is 1.88 bits per heavy atom. The molecule has 1 aliphatic heterocycles. The van der Waals surface area contributed by atoms with E-state index in [9.17, 15) is 4.79 Å². The summed E-state index contributed by atoms with van der Waals surface area (Å²) in [6.45, 7) is 3.66. The molecule has 0 bridgehead atoms. The van der Waals surface area contributed by atoms with Gasteiger partial charge < -0.3 is 20.1 Å². The fourth-order valence-corrected chi connectivity index (χ4v) is 2.77. The number of anilines is 1. The molecule has 0 aromatic heterocycles. The molecular weight excluding hydrogens is 340 g/mol. The highest BCUT2D eigenvalue weighted by molar-refractivity contribution is 6.30. The summed E-state index contributed by atoms with van der Waals surface area (Å²) in [5.74, 6) is 1.34. The maximum absolute atomic E-state index is 12.2. The predicted molar refractivity (Wildman–Crippen MR) is 97.3 cm³/mol. The quantitative estimate of drug-likeness (QED) is 0.860. The Morgan fingerprint density at radius 1 is 1.16 bits per heavy atom. The van der Waals surface area contributed by atoms with Gasteiger partial charge in [-0.3, -0.25) is 4.79 Å². The van der Waals surface area contributed by atoms with Gasteiger partial charge >= 0.3 is 0 Å². The lowest BCUT2D eigenvalue weighted by Gasteiger charge is -2.12. The number of halogens is 1. The van der Waals surface area contributed by atoms with E-state index in [4.69, 9.17) is 21.1 Å². The highest BCUT2D eigenvalue weighted by Crippen LogP contribution is 2.32. The number of rotatable bonds is 5. The summed E-state index contributed by atoms with van der Waals surface area (Å²) in [6, 6.07) is 13.3. The second-order valence-corrected chi connectivity index (χ2v) is 6.48. The molecule has 0 fully saturated rings. The number of hydrogen-bond acceptors (Lipinski definition) is 3. The minimum absolute atomic E-state index is 0.0599. The molecule has 0 spiro atoms. The van der Waals surface area contributed by atoms with Crippen molar-refractivity contribution >= 4 is 23.2 Å². The zero-order chi connectivity index (χ0) is 17.6. The van der Waals surface area contributed by atoms with Crippen LogP contribution in [0.25, 0.3) is 0 Å². The first-order chi connectivity index (χ1) is 12.1. The topological polar surface area (TPSA) is 64.2 Å². The van der Waals surface area contributed by atoms with Crippen molar-refractivity contribution in [3.05, 3.63) is 53.1 Å². The molecule has 2 aromatic rings. The van der Waals surface area contributed by atoms with Crippen LogP contribution < -0.4 is 20.1 Å². The number of benzene rings is 2. The van der Waals surface area contributed by atoms with Gasteiger partial charge in [0.25, 0.3) is 5.91 Å². The van der Waals surface area contributed by atoms with E-state index >= 15 is 0 Å². The van der Waals surface area contributed by atoms with E-state index in [1.165, 1.54) is 0 Å². The molecule has 0 radical (unpaired) electrons. The highest BCUT2D eigenvalue weighted by Gasteiger charge is 2.14. The van der Waals surface area contributed by atoms with Crippen molar-refractivity contribution < 1.29 is 19.6 Å². The van der Waals surface area contributed by atoms with Crippen molar-refractivity contribution in [3.8, 4) is 11.5 Å². The first-order valence-corrected chi connectivity index (χ1v) is 8.78. The van der Waals surface area contributed by atoms with Crippen LogP contribution in [0.4, 0.5) is 5.69 Å². The fraction of sp³-hybridized carbons (Fsp3) is 0.316. The van der Waals surface area contributed by atoms with Crippen molar-refractivity contribution in [2.24, 2.45) is 0 Å². The van der Waals surface area contributed by atoms with Crippen LogP contribution in [-0.4, -0.2) is 25.7 Å². The molecule has 0 saturated carbocycles. The van der Waals surface area contributed by atoms with Gasteiger partial charge in [-0.05, 0) is 31.2 Å². The van der Waals surface area contributed by atoms with E-state index in [1.807, 2.05) is 41.7 Å². The smallest absolute Gasteiger partial charge is 0.279 e. The monoisotopic (exact) mass is 361 g/mol. The van der Waals surface area contributed by atoms with Gasteiger partial charge in [-0.15, -0.1) is 0 Å². The van der Waals surface area contributed by atoms with Gasteiger partial charge in [0.2, 0.25) is 0 Å². The molecule has 3 N–H and O–H groups in total. The maximum atomic E-state index is 12.2. The Balaban J connectivity index is 1.54. The van der Waals surface area contributed by atoms with Crippen LogP contribution in [0.2, 0.25) is 5.02 Å². The van der Waals surface area contributed by atoms with E-state index in [-0.39, 0.29) is 11.9 Å². The average molecular weight is 362 g/mol. The molecular formula is C19H22ClN2O3+. The fourth-order valence-electron chi connectivity index (χ4n) is 2.64. The minimum atomic E-state index is -0.0599. The molecule has 1 amide bonds. The Bertz CT molecular complexity index is 734. The minimum Gasteiger partial charge on any atom is -0.490 e. The highest BCUT2D eigenvalue weighted by atomic mass is 35.5. The van der Waals surface area contributed by atoms with Crippen LogP contribution in [0.1, 0.15) is 24.9 Å². The summed E-state index contributed by atoms with van der Waals surface area (Å²) in [4.78, 5) is 12.2. The van der Waals surface area contributed by atoms with Crippen LogP contribution in [0.15, 0.2) is 42.5 Å². The Labute approximate surface area is 152 Å². The van der Waals surface area contributed by atoms with Crippen LogP contribution in [0.5, 0.6) is 11.5 Å². The molecule has 25 heavy (non-hydrogen) atoms. The number of carbonyl (C=O) groups is 1. The van der Waals surface area contributed by atoms with E-state index < -0.39 is 0 Å². The third-order valence-electron chi connectivity index (χ3n) is 4.08. The number of nitrogens with one attached hydrogen (secondary N) is 1. The lowest BCUT2D eigenvalue weighted by atomic mass is 10.1. The SMILES string of the molecule is C[C@@H]([NH2+]CC(=O)Nc1ccc2c(c1)OCCCO2)c1ccc(Cl)cc1. The molecule has 1 atom stereocenters. The third-order valence-corrected chi connectivity index (χ3v) is 4.34. The summed E-state index contributed by atoms with van der Waals surface area (Å²) >= 11 is 5.90. The molecule has 0 aliphatic carbocycles. The number of carbonyl (C=O) groups excluding carboxylic acids is 1. The molecule has 3 rings (SSSR count). The van der Waals surface area contributed by atoms with E-state index in [1.54, 1.807) is 6.07 Å². The number of ether oxygens (including phenoxy) is 2. The molecule has 0 saturated heterocycles. The number of fused-ring (bicyclic) bond motifs is 1. The van der Waals surface area contributed by atoms with E-state index in [2.05, 4.69) is 12.2 Å². The standard InChI is InChI=1S/C19H21ClN2O3/c1-13(14-3-5-15(20)6-4-14)21-12-19(23)22-16-7-8-17-18(11-16)25-10-2-9-24-17/h3-8,11,13,21H,2,9-10,12H2,1H3,(H,22,23)/p+1/t13-/m1/s1. The first-order valence-electron chi connectivity index (χ1n) is 8.40. The van der Waals surface area contributed by atoms with Crippen LogP contribution in [-0.2, 0) is 4.79 Å². The number of hydrogen-bond donors (Lipinski definition) is 2. The molecule has 132 valence electrons. The number of nitrogens with two attached hydrogens (primary N) is 1. The first kappa shape index (κ1) is 17.6. The summed E-state index contributed by atoms with van der Waals surface area (Å²) in [7, 11) is 0. The largest absolute Gasteiger partial charge is 0.490 e.